The highest BCUT2D eigenvalue weighted by atomic mass is 16.5. The van der Waals surface area contributed by atoms with Crippen molar-refractivity contribution in [3.63, 3.8) is 0 Å². The molecule has 0 heterocycles. The molecule has 5 nitrogen and oxygen atoms in total. The van der Waals surface area contributed by atoms with Crippen LogP contribution in [0.4, 0.5) is 0 Å². The van der Waals surface area contributed by atoms with Gasteiger partial charge in [-0.05, 0) is 57.3 Å². The average Bonchev–Trinajstić information content (AvgIpc) is 2.49. The molecule has 0 saturated carbocycles. The predicted molar refractivity (Wildman–Crippen MR) is 94.4 cm³/mol. The Labute approximate surface area is 145 Å². The molecule has 0 saturated heterocycles. The largest absolute Gasteiger partial charge is 0.462 e. The standard InChI is InChI=1S/C19H30O5/c1-14(11-12-23-17(4)20)7-6-8-16(3)19(22)10-9-15(2)13-24-18(5)21/h8-9,11,19,22H,6-7,10,12-13H2,1-5H3. The van der Waals surface area contributed by atoms with E-state index in [1.54, 1.807) is 0 Å². The van der Waals surface area contributed by atoms with Crippen LogP contribution < -0.4 is 0 Å². The molecule has 0 radical (unpaired) electrons. The Hall–Kier alpha value is -1.88. The van der Waals surface area contributed by atoms with Crippen LogP contribution >= 0.6 is 0 Å². The summed E-state index contributed by atoms with van der Waals surface area (Å²) in [6.45, 7) is 9.08. The molecule has 0 aromatic heterocycles. The van der Waals surface area contributed by atoms with Crippen molar-refractivity contribution in [1.82, 2.24) is 0 Å². The summed E-state index contributed by atoms with van der Waals surface area (Å²) in [6.07, 6.45) is 7.42. The molecule has 0 aliphatic carbocycles. The molecule has 1 N–H and O–H groups in total. The lowest BCUT2D eigenvalue weighted by molar-refractivity contribution is -0.140. The Balaban J connectivity index is 4.20. The maximum absolute atomic E-state index is 10.7. The second-order valence-electron chi connectivity index (χ2n) is 5.92. The van der Waals surface area contributed by atoms with E-state index in [9.17, 15) is 14.7 Å². The summed E-state index contributed by atoms with van der Waals surface area (Å²) in [5.41, 5.74) is 2.98. The highest BCUT2D eigenvalue weighted by Crippen LogP contribution is 2.12. The number of ether oxygens (including phenoxy) is 2. The van der Waals surface area contributed by atoms with Crippen LogP contribution in [0.25, 0.3) is 0 Å². The number of carbonyl (C=O) groups is 2. The molecule has 5 heteroatoms. The van der Waals surface area contributed by atoms with Gasteiger partial charge in [0.1, 0.15) is 13.2 Å². The van der Waals surface area contributed by atoms with Gasteiger partial charge in [-0.3, -0.25) is 9.59 Å². The zero-order valence-corrected chi connectivity index (χ0v) is 15.4. The number of rotatable bonds is 10. The van der Waals surface area contributed by atoms with Crippen LogP contribution in [-0.4, -0.2) is 36.4 Å². The fourth-order valence-electron chi connectivity index (χ4n) is 1.84. The molecule has 0 spiro atoms. The summed E-state index contributed by atoms with van der Waals surface area (Å²) in [5, 5.41) is 10.1. The highest BCUT2D eigenvalue weighted by Gasteiger charge is 2.05. The molecule has 1 unspecified atom stereocenters. The van der Waals surface area contributed by atoms with Crippen molar-refractivity contribution in [3.05, 3.63) is 34.9 Å². The molecule has 1 atom stereocenters. The molecule has 0 aromatic carbocycles. The van der Waals surface area contributed by atoms with Crippen LogP contribution in [0.15, 0.2) is 34.9 Å². The first-order valence-corrected chi connectivity index (χ1v) is 8.15. The predicted octanol–water partition coefficient (Wildman–Crippen LogP) is 3.48. The fourth-order valence-corrected chi connectivity index (χ4v) is 1.84. The minimum absolute atomic E-state index is 0.261. The van der Waals surface area contributed by atoms with Gasteiger partial charge in [0.25, 0.3) is 0 Å². The van der Waals surface area contributed by atoms with Gasteiger partial charge in [-0.15, -0.1) is 0 Å². The first-order valence-electron chi connectivity index (χ1n) is 8.15. The van der Waals surface area contributed by atoms with Crippen LogP contribution in [0.2, 0.25) is 0 Å². The summed E-state index contributed by atoms with van der Waals surface area (Å²) >= 11 is 0. The van der Waals surface area contributed by atoms with Gasteiger partial charge in [-0.25, -0.2) is 0 Å². The van der Waals surface area contributed by atoms with E-state index in [-0.39, 0.29) is 18.5 Å². The summed E-state index contributed by atoms with van der Waals surface area (Å²) < 4.78 is 9.75. The molecule has 0 aliphatic heterocycles. The quantitative estimate of drug-likeness (QED) is 0.488. The van der Waals surface area contributed by atoms with Crippen molar-refractivity contribution in [1.29, 1.82) is 0 Å². The molecule has 0 bridgehead atoms. The summed E-state index contributed by atoms with van der Waals surface area (Å²) in [6, 6.07) is 0. The van der Waals surface area contributed by atoms with Crippen LogP contribution in [0, 0.1) is 0 Å². The molecule has 0 amide bonds. The Bertz CT molecular complexity index is 500. The number of hydrogen-bond donors (Lipinski definition) is 1. The second kappa shape index (κ2) is 12.5. The van der Waals surface area contributed by atoms with Crippen LogP contribution in [-0.2, 0) is 19.1 Å². The van der Waals surface area contributed by atoms with Crippen molar-refractivity contribution < 1.29 is 24.2 Å². The molecule has 0 aliphatic rings. The average molecular weight is 338 g/mol. The molecule has 24 heavy (non-hydrogen) atoms. The first-order chi connectivity index (χ1) is 11.2. The lowest BCUT2D eigenvalue weighted by Crippen LogP contribution is -2.08. The van der Waals surface area contributed by atoms with E-state index in [4.69, 9.17) is 9.47 Å². The Kier molecular flexibility index (Phi) is 11.5. The van der Waals surface area contributed by atoms with Gasteiger partial charge in [0.15, 0.2) is 0 Å². The minimum atomic E-state index is -0.539. The van der Waals surface area contributed by atoms with Crippen molar-refractivity contribution in [2.75, 3.05) is 13.2 Å². The van der Waals surface area contributed by atoms with Gasteiger partial charge in [-0.1, -0.05) is 17.7 Å². The zero-order valence-electron chi connectivity index (χ0n) is 15.4. The van der Waals surface area contributed by atoms with E-state index >= 15 is 0 Å². The number of hydrogen-bond acceptors (Lipinski definition) is 5. The van der Waals surface area contributed by atoms with E-state index in [1.807, 2.05) is 39.0 Å². The number of carbonyl (C=O) groups excluding carboxylic acids is 2. The van der Waals surface area contributed by atoms with Crippen molar-refractivity contribution in [2.45, 2.75) is 60.0 Å². The van der Waals surface area contributed by atoms with Crippen LogP contribution in [0.1, 0.15) is 53.9 Å². The normalized spacial score (nSPS) is 14.3. The number of aliphatic hydroxyl groups excluding tert-OH is 1. The van der Waals surface area contributed by atoms with E-state index in [0.717, 1.165) is 29.6 Å². The molecular weight excluding hydrogens is 308 g/mol. The lowest BCUT2D eigenvalue weighted by Gasteiger charge is -2.10. The van der Waals surface area contributed by atoms with Gasteiger partial charge in [0, 0.05) is 13.8 Å². The molecule has 0 aromatic rings. The van der Waals surface area contributed by atoms with E-state index in [0.29, 0.717) is 13.0 Å². The summed E-state index contributed by atoms with van der Waals surface area (Å²) in [7, 11) is 0. The second-order valence-corrected chi connectivity index (χ2v) is 5.92. The van der Waals surface area contributed by atoms with Crippen molar-refractivity contribution in [2.24, 2.45) is 0 Å². The smallest absolute Gasteiger partial charge is 0.302 e. The van der Waals surface area contributed by atoms with E-state index in [1.165, 1.54) is 13.8 Å². The van der Waals surface area contributed by atoms with E-state index < -0.39 is 6.10 Å². The first kappa shape index (κ1) is 22.1. The van der Waals surface area contributed by atoms with Crippen molar-refractivity contribution >= 4 is 11.9 Å². The third-order valence-electron chi connectivity index (χ3n) is 3.44. The van der Waals surface area contributed by atoms with E-state index in [2.05, 4.69) is 0 Å². The zero-order chi connectivity index (χ0) is 18.5. The van der Waals surface area contributed by atoms with Gasteiger partial charge >= 0.3 is 11.9 Å². The number of esters is 2. The van der Waals surface area contributed by atoms with Crippen molar-refractivity contribution in [3.8, 4) is 0 Å². The van der Waals surface area contributed by atoms with Gasteiger partial charge in [0.2, 0.25) is 0 Å². The minimum Gasteiger partial charge on any atom is -0.462 e. The summed E-state index contributed by atoms with van der Waals surface area (Å²) in [4.78, 5) is 21.4. The van der Waals surface area contributed by atoms with Gasteiger partial charge in [0.05, 0.1) is 6.10 Å². The lowest BCUT2D eigenvalue weighted by atomic mass is 10.0. The Morgan fingerprint density at radius 3 is 2.12 bits per heavy atom. The van der Waals surface area contributed by atoms with Gasteiger partial charge < -0.3 is 14.6 Å². The highest BCUT2D eigenvalue weighted by molar-refractivity contribution is 5.66. The van der Waals surface area contributed by atoms with Gasteiger partial charge in [-0.2, -0.15) is 0 Å². The Morgan fingerprint density at radius 1 is 0.917 bits per heavy atom. The molecule has 136 valence electrons. The number of aliphatic hydroxyl groups is 1. The topological polar surface area (TPSA) is 72.8 Å². The summed E-state index contributed by atoms with van der Waals surface area (Å²) in [5.74, 6) is -0.591. The maximum atomic E-state index is 10.7. The third kappa shape index (κ3) is 12.6. The van der Waals surface area contributed by atoms with Crippen LogP contribution in [0.5, 0.6) is 0 Å². The SMILES string of the molecule is CC(=O)OCC=C(C)CCC=C(C)C(O)CC=C(C)COC(C)=O. The monoisotopic (exact) mass is 338 g/mol. The van der Waals surface area contributed by atoms with Crippen LogP contribution in [0.3, 0.4) is 0 Å². The number of allylic oxidation sites excluding steroid dienone is 2. The molecular formula is C19H30O5. The third-order valence-corrected chi connectivity index (χ3v) is 3.44. The fraction of sp³-hybridized carbons (Fsp3) is 0.579. The molecule has 0 fully saturated rings. The Morgan fingerprint density at radius 2 is 1.54 bits per heavy atom. The molecule has 0 rings (SSSR count). The maximum Gasteiger partial charge on any atom is 0.302 e.